The molecule has 94 valence electrons. The van der Waals surface area contributed by atoms with E-state index < -0.39 is 0 Å². The Kier molecular flexibility index (Phi) is 2.75. The van der Waals surface area contributed by atoms with Gasteiger partial charge in [-0.1, -0.05) is 12.1 Å². The molecule has 2 aromatic heterocycles. The largest absolute Gasteiger partial charge is 0.255 e. The van der Waals surface area contributed by atoms with Gasteiger partial charge in [-0.2, -0.15) is 0 Å². The normalized spacial score (nSPS) is 10.9. The van der Waals surface area contributed by atoms with E-state index in [9.17, 15) is 0 Å². The minimum absolute atomic E-state index is 0.751. The number of benzene rings is 1. The first kappa shape index (κ1) is 11.8. The second kappa shape index (κ2) is 4.43. The van der Waals surface area contributed by atoms with Crippen LogP contribution in [0.15, 0.2) is 36.5 Å². The van der Waals surface area contributed by atoms with Gasteiger partial charge in [0.25, 0.3) is 0 Å². The molecule has 0 atom stereocenters. The third kappa shape index (κ3) is 2.08. The zero-order valence-corrected chi connectivity index (χ0v) is 11.3. The van der Waals surface area contributed by atoms with Crippen LogP contribution in [-0.2, 0) is 0 Å². The van der Waals surface area contributed by atoms with Crippen molar-refractivity contribution in [2.75, 3.05) is 0 Å². The Balaban J connectivity index is 2.34. The molecule has 0 spiro atoms. The summed E-state index contributed by atoms with van der Waals surface area (Å²) >= 11 is 0. The lowest BCUT2D eigenvalue weighted by atomic mass is 10.0. The predicted molar refractivity (Wildman–Crippen MR) is 77.0 cm³/mol. The molecule has 19 heavy (non-hydrogen) atoms. The fourth-order valence-corrected chi connectivity index (χ4v) is 2.34. The molecule has 0 unspecified atom stereocenters. The number of hydrogen-bond donors (Lipinski definition) is 0. The smallest absolute Gasteiger partial charge is 0.161 e. The van der Waals surface area contributed by atoms with Gasteiger partial charge in [0.05, 0.1) is 5.52 Å². The molecule has 0 saturated heterocycles. The van der Waals surface area contributed by atoms with Crippen molar-refractivity contribution in [3.63, 3.8) is 0 Å². The van der Waals surface area contributed by atoms with Crippen LogP contribution in [0.1, 0.15) is 17.0 Å². The van der Waals surface area contributed by atoms with Gasteiger partial charge in [0.1, 0.15) is 0 Å². The van der Waals surface area contributed by atoms with Crippen LogP contribution in [-0.4, -0.2) is 15.0 Å². The molecule has 3 aromatic rings. The van der Waals surface area contributed by atoms with E-state index in [2.05, 4.69) is 40.1 Å². The van der Waals surface area contributed by atoms with E-state index in [0.29, 0.717) is 0 Å². The second-order valence-corrected chi connectivity index (χ2v) is 4.80. The first-order valence-corrected chi connectivity index (χ1v) is 6.32. The van der Waals surface area contributed by atoms with Crippen molar-refractivity contribution in [3.8, 4) is 11.4 Å². The Labute approximate surface area is 112 Å². The molecular formula is C16H15N3. The monoisotopic (exact) mass is 249 g/mol. The summed E-state index contributed by atoms with van der Waals surface area (Å²) in [7, 11) is 0. The lowest BCUT2D eigenvalue weighted by Crippen LogP contribution is -1.96. The average Bonchev–Trinajstić information content (AvgIpc) is 2.38. The van der Waals surface area contributed by atoms with E-state index in [0.717, 1.165) is 33.7 Å². The summed E-state index contributed by atoms with van der Waals surface area (Å²) in [6, 6.07) is 10.2. The summed E-state index contributed by atoms with van der Waals surface area (Å²) in [6.45, 7) is 6.07. The summed E-state index contributed by atoms with van der Waals surface area (Å²) in [5, 5.41) is 1.16. The minimum atomic E-state index is 0.751. The highest BCUT2D eigenvalue weighted by Crippen LogP contribution is 2.27. The number of aryl methyl sites for hydroxylation is 3. The van der Waals surface area contributed by atoms with Crippen LogP contribution in [0.5, 0.6) is 0 Å². The molecule has 1 aromatic carbocycles. The quantitative estimate of drug-likeness (QED) is 0.661. The molecule has 0 aliphatic rings. The van der Waals surface area contributed by atoms with Crippen LogP contribution in [0.4, 0.5) is 0 Å². The van der Waals surface area contributed by atoms with Gasteiger partial charge in [-0.3, -0.25) is 4.98 Å². The van der Waals surface area contributed by atoms with Gasteiger partial charge in [-0.05, 0) is 44.5 Å². The molecule has 2 heterocycles. The third-order valence-corrected chi connectivity index (χ3v) is 3.21. The maximum atomic E-state index is 4.53. The van der Waals surface area contributed by atoms with E-state index in [1.807, 2.05) is 32.2 Å². The van der Waals surface area contributed by atoms with Crippen molar-refractivity contribution in [3.05, 3.63) is 53.5 Å². The number of pyridine rings is 1. The van der Waals surface area contributed by atoms with Gasteiger partial charge >= 0.3 is 0 Å². The van der Waals surface area contributed by atoms with Gasteiger partial charge in [-0.15, -0.1) is 0 Å². The molecule has 0 saturated carbocycles. The fraction of sp³-hybridized carbons (Fsp3) is 0.188. The van der Waals surface area contributed by atoms with Gasteiger partial charge in [0.2, 0.25) is 0 Å². The van der Waals surface area contributed by atoms with Crippen molar-refractivity contribution >= 4 is 10.9 Å². The van der Waals surface area contributed by atoms with E-state index >= 15 is 0 Å². The Morgan fingerprint density at radius 1 is 0.895 bits per heavy atom. The first-order chi connectivity index (χ1) is 9.15. The summed E-state index contributed by atoms with van der Waals surface area (Å²) in [5.41, 5.74) is 5.14. The molecule has 3 rings (SSSR count). The highest BCUT2D eigenvalue weighted by Gasteiger charge is 2.10. The molecule has 0 aliphatic carbocycles. The van der Waals surface area contributed by atoms with Crippen molar-refractivity contribution in [2.24, 2.45) is 0 Å². The van der Waals surface area contributed by atoms with E-state index in [1.54, 1.807) is 0 Å². The standard InChI is InChI=1S/C16H15N3/c1-10-6-7-14(15-13(10)5-4-8-17-15)16-18-11(2)9-12(3)19-16/h4-9H,1-3H3. The molecule has 0 fully saturated rings. The lowest BCUT2D eigenvalue weighted by molar-refractivity contribution is 1.06. The fourth-order valence-electron chi connectivity index (χ4n) is 2.34. The van der Waals surface area contributed by atoms with Crippen LogP contribution in [0.2, 0.25) is 0 Å². The molecule has 0 amide bonds. The van der Waals surface area contributed by atoms with Gasteiger partial charge in [0.15, 0.2) is 5.82 Å². The number of hydrogen-bond acceptors (Lipinski definition) is 3. The van der Waals surface area contributed by atoms with Crippen molar-refractivity contribution in [1.82, 2.24) is 15.0 Å². The van der Waals surface area contributed by atoms with Crippen molar-refractivity contribution in [1.29, 1.82) is 0 Å². The summed E-state index contributed by atoms with van der Waals surface area (Å²) in [5.74, 6) is 0.751. The summed E-state index contributed by atoms with van der Waals surface area (Å²) in [6.07, 6.45) is 1.81. The third-order valence-electron chi connectivity index (χ3n) is 3.21. The Morgan fingerprint density at radius 3 is 2.37 bits per heavy atom. The number of fused-ring (bicyclic) bond motifs is 1. The Hall–Kier alpha value is -2.29. The van der Waals surface area contributed by atoms with E-state index in [1.165, 1.54) is 5.56 Å². The summed E-state index contributed by atoms with van der Waals surface area (Å²) < 4.78 is 0. The average molecular weight is 249 g/mol. The van der Waals surface area contributed by atoms with Gasteiger partial charge < -0.3 is 0 Å². The molecule has 0 aliphatic heterocycles. The zero-order valence-electron chi connectivity index (χ0n) is 11.3. The van der Waals surface area contributed by atoms with Crippen LogP contribution >= 0.6 is 0 Å². The molecule has 0 N–H and O–H groups in total. The number of nitrogens with zero attached hydrogens (tertiary/aromatic N) is 3. The Morgan fingerprint density at radius 2 is 1.63 bits per heavy atom. The number of rotatable bonds is 1. The molecule has 3 nitrogen and oxygen atoms in total. The second-order valence-electron chi connectivity index (χ2n) is 4.80. The maximum absolute atomic E-state index is 4.53. The molecular weight excluding hydrogens is 234 g/mol. The lowest BCUT2D eigenvalue weighted by Gasteiger charge is -2.08. The maximum Gasteiger partial charge on any atom is 0.161 e. The summed E-state index contributed by atoms with van der Waals surface area (Å²) in [4.78, 5) is 13.6. The van der Waals surface area contributed by atoms with Gasteiger partial charge in [-0.25, -0.2) is 9.97 Å². The molecule has 0 radical (unpaired) electrons. The Bertz CT molecular complexity index is 743. The highest BCUT2D eigenvalue weighted by atomic mass is 14.9. The molecule has 0 bridgehead atoms. The van der Waals surface area contributed by atoms with Crippen molar-refractivity contribution in [2.45, 2.75) is 20.8 Å². The first-order valence-electron chi connectivity index (χ1n) is 6.32. The van der Waals surface area contributed by atoms with Crippen molar-refractivity contribution < 1.29 is 0 Å². The van der Waals surface area contributed by atoms with E-state index in [4.69, 9.17) is 0 Å². The van der Waals surface area contributed by atoms with Crippen LogP contribution < -0.4 is 0 Å². The topological polar surface area (TPSA) is 38.7 Å². The zero-order chi connectivity index (χ0) is 13.4. The van der Waals surface area contributed by atoms with Gasteiger partial charge in [0, 0.05) is 28.5 Å². The van der Waals surface area contributed by atoms with E-state index in [-0.39, 0.29) is 0 Å². The van der Waals surface area contributed by atoms with Crippen LogP contribution in [0.3, 0.4) is 0 Å². The van der Waals surface area contributed by atoms with Crippen LogP contribution in [0, 0.1) is 20.8 Å². The number of aromatic nitrogens is 3. The molecule has 3 heteroatoms. The highest BCUT2D eigenvalue weighted by molar-refractivity contribution is 5.93. The predicted octanol–water partition coefficient (Wildman–Crippen LogP) is 3.62. The van der Waals surface area contributed by atoms with Crippen LogP contribution in [0.25, 0.3) is 22.3 Å². The SMILES string of the molecule is Cc1cc(C)nc(-c2ccc(C)c3cccnc23)n1. The minimum Gasteiger partial charge on any atom is -0.255 e.